The van der Waals surface area contributed by atoms with Crippen molar-refractivity contribution in [3.8, 4) is 0 Å². The Morgan fingerprint density at radius 3 is 3.00 bits per heavy atom. The van der Waals surface area contributed by atoms with Gasteiger partial charge in [-0.2, -0.15) is 0 Å². The number of halogens is 1. The fourth-order valence-corrected chi connectivity index (χ4v) is 2.22. The number of carbonyl (C=O) groups excluding carboxylic acids is 2. The first kappa shape index (κ1) is 11.6. The lowest BCUT2D eigenvalue weighted by Gasteiger charge is -2.34. The summed E-state index contributed by atoms with van der Waals surface area (Å²) >= 11 is 0. The molecular formula is C13H27ClN6O4. The van der Waals surface area contributed by atoms with Crippen LogP contribution in [0.1, 0.15) is 24.7 Å². The number of rotatable bonds is 7. The molecule has 3 unspecified atom stereocenters. The Bertz CT molecular complexity index is 682. The minimum absolute atomic E-state index is 0. The Balaban J connectivity index is 0.00000512. The van der Waals surface area contributed by atoms with E-state index in [1.807, 2.05) is 0 Å². The van der Waals surface area contributed by atoms with Gasteiger partial charge in [0.05, 0.1) is 20.8 Å². The normalized spacial score (nSPS) is 35.8. The summed E-state index contributed by atoms with van der Waals surface area (Å²) in [4.78, 5) is 25.7. The van der Waals surface area contributed by atoms with Crippen LogP contribution in [0.4, 0.5) is 0 Å². The van der Waals surface area contributed by atoms with Crippen LogP contribution in [0.2, 0.25) is 0 Å². The first-order valence-electron chi connectivity index (χ1n) is 10.9. The van der Waals surface area contributed by atoms with Crippen molar-refractivity contribution in [1.82, 2.24) is 20.9 Å². The van der Waals surface area contributed by atoms with Gasteiger partial charge in [-0.1, -0.05) is 13.7 Å². The molecule has 2 aliphatic heterocycles. The van der Waals surface area contributed by atoms with E-state index >= 15 is 0 Å². The zero-order chi connectivity index (χ0) is 23.8. The molecule has 0 saturated carbocycles. The van der Waals surface area contributed by atoms with Crippen molar-refractivity contribution < 1.29 is 30.0 Å². The maximum absolute atomic E-state index is 12.2. The topological polar surface area (TPSA) is 144 Å². The molecule has 2 rings (SSSR count). The predicted octanol–water partition coefficient (Wildman–Crippen LogP) is -2.57. The van der Waals surface area contributed by atoms with Gasteiger partial charge in [0.15, 0.2) is 0 Å². The largest absolute Gasteiger partial charge is 0.462 e. The van der Waals surface area contributed by atoms with Crippen molar-refractivity contribution in [2.45, 2.75) is 38.2 Å². The van der Waals surface area contributed by atoms with Crippen molar-refractivity contribution in [3.05, 3.63) is 0 Å². The number of ether oxygens (including phenoxy) is 2. The summed E-state index contributed by atoms with van der Waals surface area (Å²) in [5, 5.41) is 8.44. The molecule has 4 atom stereocenters. The molecule has 7 N–H and O–H groups in total. The first-order valence-corrected chi connectivity index (χ1v) is 6.87. The SMILES string of the molecule is Cl.[2H]C([2H])([2H])C([2H])(C([2H])([2H])[2H])[C@]([2H])(N)C(=O)OCCOCN1CNC2C(=O)NC(N)NC21. The number of carbonyl (C=O) groups is 2. The smallest absolute Gasteiger partial charge is 0.323 e. The second kappa shape index (κ2) is 9.47. The van der Waals surface area contributed by atoms with Gasteiger partial charge in [-0.3, -0.25) is 30.9 Å². The van der Waals surface area contributed by atoms with Crippen LogP contribution in [-0.4, -0.2) is 67.9 Å². The molecule has 0 aliphatic carbocycles. The highest BCUT2D eigenvalue weighted by molar-refractivity contribution is 5.85. The second-order valence-electron chi connectivity index (χ2n) is 4.99. The number of hydrogen-bond donors (Lipinski definition) is 5. The third kappa shape index (κ3) is 5.24. The van der Waals surface area contributed by atoms with Crippen molar-refractivity contribution in [2.75, 3.05) is 26.6 Å². The number of amides is 1. The minimum Gasteiger partial charge on any atom is -0.462 e. The number of nitrogens with one attached hydrogen (secondary N) is 3. The summed E-state index contributed by atoms with van der Waals surface area (Å²) in [7, 11) is 0. The number of esters is 1. The molecule has 140 valence electrons. The van der Waals surface area contributed by atoms with Gasteiger partial charge in [0.25, 0.3) is 0 Å². The van der Waals surface area contributed by atoms with Crippen LogP contribution < -0.4 is 27.4 Å². The van der Waals surface area contributed by atoms with Crippen LogP contribution in [0.3, 0.4) is 0 Å². The lowest BCUT2D eigenvalue weighted by molar-refractivity contribution is -0.148. The molecule has 0 aromatic carbocycles. The van der Waals surface area contributed by atoms with Gasteiger partial charge in [0.2, 0.25) is 5.91 Å². The van der Waals surface area contributed by atoms with Crippen LogP contribution in [0.5, 0.6) is 0 Å². The molecule has 2 aliphatic rings. The average molecular weight is 375 g/mol. The van der Waals surface area contributed by atoms with E-state index in [0.29, 0.717) is 6.67 Å². The summed E-state index contributed by atoms with van der Waals surface area (Å²) in [6, 6.07) is -3.93. The first-order chi connectivity index (χ1) is 14.0. The molecule has 24 heavy (non-hydrogen) atoms. The van der Waals surface area contributed by atoms with E-state index in [4.69, 9.17) is 31.9 Å². The molecule has 1 amide bonds. The molecule has 0 radical (unpaired) electrons. The molecule has 0 bridgehead atoms. The van der Waals surface area contributed by atoms with Crippen LogP contribution in [-0.2, 0) is 19.1 Å². The van der Waals surface area contributed by atoms with Crippen molar-refractivity contribution in [1.29, 1.82) is 0 Å². The Morgan fingerprint density at radius 2 is 2.29 bits per heavy atom. The van der Waals surface area contributed by atoms with Crippen LogP contribution in [0, 0.1) is 5.89 Å². The van der Waals surface area contributed by atoms with Crippen molar-refractivity contribution in [3.63, 3.8) is 0 Å². The lowest BCUT2D eigenvalue weighted by atomic mass is 10.1. The number of fused-ring (bicyclic) bond motifs is 1. The van der Waals surface area contributed by atoms with Crippen LogP contribution >= 0.6 is 12.4 Å². The molecule has 0 spiro atoms. The van der Waals surface area contributed by atoms with E-state index in [1.54, 1.807) is 4.90 Å². The Kier molecular flexibility index (Phi) is 4.57. The highest BCUT2D eigenvalue weighted by Gasteiger charge is 2.42. The van der Waals surface area contributed by atoms with Gasteiger partial charge in [-0.15, -0.1) is 12.4 Å². The highest BCUT2D eigenvalue weighted by Crippen LogP contribution is 2.12. The second-order valence-corrected chi connectivity index (χ2v) is 4.99. The minimum atomic E-state index is -3.62. The Morgan fingerprint density at radius 1 is 1.54 bits per heavy atom. The highest BCUT2D eigenvalue weighted by atomic mass is 35.5. The lowest BCUT2D eigenvalue weighted by Crippen LogP contribution is -2.70. The molecular weight excluding hydrogens is 340 g/mol. The van der Waals surface area contributed by atoms with E-state index in [0.717, 1.165) is 0 Å². The monoisotopic (exact) mass is 374 g/mol. The van der Waals surface area contributed by atoms with E-state index in [1.165, 1.54) is 0 Å². The number of nitrogens with two attached hydrogens (primary N) is 2. The zero-order valence-electron chi connectivity index (χ0n) is 20.7. The molecule has 0 aromatic heterocycles. The predicted molar refractivity (Wildman–Crippen MR) is 88.5 cm³/mol. The van der Waals surface area contributed by atoms with Gasteiger partial charge >= 0.3 is 5.97 Å². The molecule has 10 nitrogen and oxygen atoms in total. The molecule has 0 aromatic rings. The maximum atomic E-state index is 12.2. The third-order valence-corrected chi connectivity index (χ3v) is 3.36. The van der Waals surface area contributed by atoms with Crippen molar-refractivity contribution in [2.24, 2.45) is 17.4 Å². The summed E-state index contributed by atoms with van der Waals surface area (Å²) in [5.74, 6) is -5.57. The van der Waals surface area contributed by atoms with Gasteiger partial charge < -0.3 is 20.5 Å². The van der Waals surface area contributed by atoms with Gasteiger partial charge in [0.1, 0.15) is 31.7 Å². The van der Waals surface area contributed by atoms with Crippen LogP contribution in [0.15, 0.2) is 0 Å². The van der Waals surface area contributed by atoms with E-state index < -0.39 is 56.7 Å². The van der Waals surface area contributed by atoms with Crippen molar-refractivity contribution >= 4 is 24.3 Å². The number of nitrogens with zero attached hydrogens (tertiary/aromatic N) is 1. The van der Waals surface area contributed by atoms with Gasteiger partial charge in [-0.25, -0.2) is 0 Å². The Hall–Kier alpha value is -1.01. The van der Waals surface area contributed by atoms with E-state index in [2.05, 4.69) is 16.0 Å². The van der Waals surface area contributed by atoms with Crippen LogP contribution in [0.25, 0.3) is 0 Å². The summed E-state index contributed by atoms with van der Waals surface area (Å²) in [6.45, 7) is -7.51. The summed E-state index contributed by atoms with van der Waals surface area (Å²) < 4.78 is 69.8. The molecule has 2 saturated heterocycles. The third-order valence-electron chi connectivity index (χ3n) is 3.36. The molecule has 2 fully saturated rings. The summed E-state index contributed by atoms with van der Waals surface area (Å²) in [6.07, 6.45) is -1.16. The van der Waals surface area contributed by atoms with Gasteiger partial charge in [-0.05, 0) is 5.89 Å². The van der Waals surface area contributed by atoms with Gasteiger partial charge in [0, 0.05) is 9.60 Å². The van der Waals surface area contributed by atoms with E-state index in [-0.39, 0.29) is 31.7 Å². The Labute approximate surface area is 158 Å². The fourth-order valence-electron chi connectivity index (χ4n) is 2.22. The fraction of sp³-hybridized carbons (Fsp3) is 0.846. The standard InChI is InChI=1S/C13H26N6O4.ClH/c1-7(2)8(14)12(21)23-4-3-22-6-19-5-16-9-10(19)17-13(15)18-11(9)20;/h7-10,13,16-17H,3-6,14-15H2,1-2H3,(H,18,20);1H/t8-,9?,10?,13?;/m0./s1/i1D3,2D3,7D,8D;. The molecule has 2 heterocycles. The maximum Gasteiger partial charge on any atom is 0.323 e. The van der Waals surface area contributed by atoms with E-state index in [9.17, 15) is 9.59 Å². The number of hydrogen-bond acceptors (Lipinski definition) is 9. The molecule has 11 heteroatoms. The summed E-state index contributed by atoms with van der Waals surface area (Å²) in [5.41, 5.74) is 11.1. The zero-order valence-corrected chi connectivity index (χ0v) is 13.5. The average Bonchev–Trinajstić information content (AvgIpc) is 3.01. The quantitative estimate of drug-likeness (QED) is 0.240.